The molecule has 4 nitrogen and oxygen atoms in total. The van der Waals surface area contributed by atoms with E-state index in [1.54, 1.807) is 13.0 Å². The van der Waals surface area contributed by atoms with E-state index >= 15 is 0 Å². The van der Waals surface area contributed by atoms with Gasteiger partial charge in [0.15, 0.2) is 0 Å². The maximum atomic E-state index is 12.6. The Morgan fingerprint density at radius 1 is 1.32 bits per heavy atom. The molecule has 22 heavy (non-hydrogen) atoms. The van der Waals surface area contributed by atoms with Crippen LogP contribution in [0.3, 0.4) is 0 Å². The number of furan rings is 1. The molecule has 1 aliphatic carbocycles. The van der Waals surface area contributed by atoms with Crippen molar-refractivity contribution in [1.82, 2.24) is 4.90 Å². The van der Waals surface area contributed by atoms with Gasteiger partial charge in [0, 0.05) is 19.2 Å². The lowest BCUT2D eigenvalue weighted by atomic mass is 9.71. The molecule has 1 saturated carbocycles. The molecule has 1 aliphatic rings. The lowest BCUT2D eigenvalue weighted by molar-refractivity contribution is 0.0623. The van der Waals surface area contributed by atoms with Gasteiger partial charge in [-0.1, -0.05) is 20.8 Å². The lowest BCUT2D eigenvalue weighted by Crippen LogP contribution is -2.41. The Morgan fingerprint density at radius 3 is 2.36 bits per heavy atom. The molecule has 0 saturated heterocycles. The van der Waals surface area contributed by atoms with Gasteiger partial charge >= 0.3 is 0 Å². The van der Waals surface area contributed by atoms with E-state index in [0.29, 0.717) is 16.7 Å². The highest BCUT2D eigenvalue weighted by Crippen LogP contribution is 2.39. The van der Waals surface area contributed by atoms with E-state index in [0.717, 1.165) is 18.8 Å². The second-order valence-electron chi connectivity index (χ2n) is 7.48. The zero-order valence-corrected chi connectivity index (χ0v) is 14.3. The summed E-state index contributed by atoms with van der Waals surface area (Å²) in [5.74, 6) is 1.41. The molecular formula is C18H26N2O2. The Labute approximate surface area is 133 Å². The number of amides is 1. The van der Waals surface area contributed by atoms with Crippen molar-refractivity contribution >= 4 is 5.91 Å². The van der Waals surface area contributed by atoms with Crippen LogP contribution in [0.4, 0.5) is 0 Å². The largest absolute Gasteiger partial charge is 0.450 e. The smallest absolute Gasteiger partial charge is 0.257 e. The fourth-order valence-corrected chi connectivity index (χ4v) is 3.43. The van der Waals surface area contributed by atoms with E-state index in [-0.39, 0.29) is 17.7 Å². The number of carbonyl (C=O) groups is 1. The van der Waals surface area contributed by atoms with Gasteiger partial charge in [0.25, 0.3) is 5.91 Å². The summed E-state index contributed by atoms with van der Waals surface area (Å²) in [6.07, 6.45) is 4.43. The van der Waals surface area contributed by atoms with E-state index in [9.17, 15) is 4.79 Å². The highest BCUT2D eigenvalue weighted by molar-refractivity contribution is 5.95. The number of hydrogen-bond acceptors (Lipinski definition) is 3. The van der Waals surface area contributed by atoms with Crippen LogP contribution < -0.4 is 0 Å². The van der Waals surface area contributed by atoms with Crippen molar-refractivity contribution in [2.24, 2.45) is 11.3 Å². The van der Waals surface area contributed by atoms with Gasteiger partial charge in [-0.05, 0) is 43.9 Å². The third-order valence-corrected chi connectivity index (χ3v) is 5.05. The maximum absolute atomic E-state index is 12.6. The van der Waals surface area contributed by atoms with Crippen LogP contribution in [0.2, 0.25) is 0 Å². The molecule has 0 atom stereocenters. The summed E-state index contributed by atoms with van der Waals surface area (Å²) in [5.41, 5.74) is 0.855. The molecule has 0 aromatic carbocycles. The van der Waals surface area contributed by atoms with E-state index in [1.165, 1.54) is 12.8 Å². The minimum atomic E-state index is -0.0399. The first-order valence-electron chi connectivity index (χ1n) is 8.01. The molecule has 0 aliphatic heterocycles. The van der Waals surface area contributed by atoms with Gasteiger partial charge in [-0.3, -0.25) is 4.79 Å². The van der Waals surface area contributed by atoms with Gasteiger partial charge in [-0.2, -0.15) is 5.26 Å². The Balaban J connectivity index is 2.03. The summed E-state index contributed by atoms with van der Waals surface area (Å²) in [6, 6.07) is 3.78. The summed E-state index contributed by atoms with van der Waals surface area (Å²) in [5, 5.41) is 8.88. The normalized spacial score (nSPS) is 22.2. The number of nitrogens with zero attached hydrogens (tertiary/aromatic N) is 2. The standard InChI is InChI=1S/C18H26N2O2/c1-12-16(10-15(11-19)22-12)17(21)20(5)14-8-6-13(7-9-14)18(2,3)4/h10,13-14H,6-9H2,1-5H3. The number of nitriles is 1. The van der Waals surface area contributed by atoms with Crippen molar-refractivity contribution in [3.63, 3.8) is 0 Å². The van der Waals surface area contributed by atoms with Crippen molar-refractivity contribution in [2.75, 3.05) is 7.05 Å². The zero-order valence-electron chi connectivity index (χ0n) is 14.3. The fraction of sp³-hybridized carbons (Fsp3) is 0.667. The molecular weight excluding hydrogens is 276 g/mol. The van der Waals surface area contributed by atoms with Crippen LogP contribution in [0.1, 0.15) is 68.3 Å². The van der Waals surface area contributed by atoms with Gasteiger partial charge in [-0.15, -0.1) is 0 Å². The first kappa shape index (κ1) is 16.6. The van der Waals surface area contributed by atoms with Gasteiger partial charge in [-0.25, -0.2) is 0 Å². The van der Waals surface area contributed by atoms with Crippen LogP contribution in [0.25, 0.3) is 0 Å². The Bertz CT molecular complexity index is 581. The van der Waals surface area contributed by atoms with Gasteiger partial charge in [0.05, 0.1) is 5.56 Å². The SMILES string of the molecule is Cc1oc(C#N)cc1C(=O)N(C)C1CCC(C(C)(C)C)CC1. The number of hydrogen-bond donors (Lipinski definition) is 0. The van der Waals surface area contributed by atoms with Gasteiger partial charge < -0.3 is 9.32 Å². The monoisotopic (exact) mass is 302 g/mol. The van der Waals surface area contributed by atoms with Crippen molar-refractivity contribution in [3.8, 4) is 6.07 Å². The molecule has 0 radical (unpaired) electrons. The predicted molar refractivity (Wildman–Crippen MR) is 85.5 cm³/mol. The fourth-order valence-electron chi connectivity index (χ4n) is 3.43. The summed E-state index contributed by atoms with van der Waals surface area (Å²) < 4.78 is 5.28. The zero-order chi connectivity index (χ0) is 16.5. The molecule has 1 aromatic heterocycles. The Morgan fingerprint density at radius 2 is 1.91 bits per heavy atom. The van der Waals surface area contributed by atoms with Crippen LogP contribution in [0.5, 0.6) is 0 Å². The van der Waals surface area contributed by atoms with Crippen molar-refractivity contribution in [1.29, 1.82) is 5.26 Å². The van der Waals surface area contributed by atoms with Gasteiger partial charge in [0.2, 0.25) is 5.76 Å². The van der Waals surface area contributed by atoms with E-state index in [1.807, 2.05) is 18.0 Å². The summed E-state index contributed by atoms with van der Waals surface area (Å²) in [7, 11) is 1.86. The summed E-state index contributed by atoms with van der Waals surface area (Å²) in [6.45, 7) is 8.62. The molecule has 1 heterocycles. The average Bonchev–Trinajstić information content (AvgIpc) is 2.86. The average molecular weight is 302 g/mol. The second kappa shape index (κ2) is 6.16. The topological polar surface area (TPSA) is 57.2 Å². The summed E-state index contributed by atoms with van der Waals surface area (Å²) >= 11 is 0. The van der Waals surface area contributed by atoms with Crippen LogP contribution in [0, 0.1) is 29.6 Å². The summed E-state index contributed by atoms with van der Waals surface area (Å²) in [4.78, 5) is 14.5. The molecule has 1 fully saturated rings. The van der Waals surface area contributed by atoms with Crippen LogP contribution in [-0.2, 0) is 0 Å². The quantitative estimate of drug-likeness (QED) is 0.825. The third-order valence-electron chi connectivity index (χ3n) is 5.05. The van der Waals surface area contributed by atoms with E-state index in [4.69, 9.17) is 9.68 Å². The highest BCUT2D eigenvalue weighted by Gasteiger charge is 2.33. The van der Waals surface area contributed by atoms with Crippen molar-refractivity contribution < 1.29 is 9.21 Å². The minimum absolute atomic E-state index is 0.0399. The molecule has 2 rings (SSSR count). The molecule has 0 bridgehead atoms. The molecule has 4 heteroatoms. The highest BCUT2D eigenvalue weighted by atomic mass is 16.3. The molecule has 1 aromatic rings. The second-order valence-corrected chi connectivity index (χ2v) is 7.48. The number of aryl methyl sites for hydroxylation is 1. The third kappa shape index (κ3) is 3.35. The Hall–Kier alpha value is -1.76. The van der Waals surface area contributed by atoms with E-state index < -0.39 is 0 Å². The first-order valence-corrected chi connectivity index (χ1v) is 8.01. The molecule has 0 unspecified atom stereocenters. The van der Waals surface area contributed by atoms with E-state index in [2.05, 4.69) is 20.8 Å². The molecule has 1 amide bonds. The van der Waals surface area contributed by atoms with Crippen molar-refractivity contribution in [3.05, 3.63) is 23.2 Å². The lowest BCUT2D eigenvalue weighted by Gasteiger charge is -2.39. The molecule has 120 valence electrons. The molecule has 0 spiro atoms. The predicted octanol–water partition coefficient (Wildman–Crippen LogP) is 4.14. The van der Waals surface area contributed by atoms with Crippen molar-refractivity contribution in [2.45, 2.75) is 59.4 Å². The number of rotatable bonds is 2. The Kier molecular flexibility index (Phi) is 4.65. The van der Waals surface area contributed by atoms with Crippen LogP contribution >= 0.6 is 0 Å². The maximum Gasteiger partial charge on any atom is 0.257 e. The minimum Gasteiger partial charge on any atom is -0.450 e. The molecule has 0 N–H and O–H groups in total. The van der Waals surface area contributed by atoms with Crippen LogP contribution in [0.15, 0.2) is 10.5 Å². The first-order chi connectivity index (χ1) is 10.2. The van der Waals surface area contributed by atoms with Crippen LogP contribution in [-0.4, -0.2) is 23.9 Å². The van der Waals surface area contributed by atoms with Gasteiger partial charge in [0.1, 0.15) is 11.8 Å². The number of carbonyl (C=O) groups excluding carboxylic acids is 1.